The average Bonchev–Trinajstić information content (AvgIpc) is 3.20. The predicted molar refractivity (Wildman–Crippen MR) is 115 cm³/mol. The van der Waals surface area contributed by atoms with Gasteiger partial charge in [-0.15, -0.1) is 0 Å². The fourth-order valence-corrected chi connectivity index (χ4v) is 3.27. The molecule has 156 valence electrons. The van der Waals surface area contributed by atoms with Crippen molar-refractivity contribution in [1.29, 1.82) is 0 Å². The van der Waals surface area contributed by atoms with Gasteiger partial charge in [-0.05, 0) is 38.1 Å². The van der Waals surface area contributed by atoms with Crippen LogP contribution in [0.1, 0.15) is 33.6 Å². The number of benzene rings is 2. The van der Waals surface area contributed by atoms with Crippen LogP contribution in [-0.2, 0) is 6.54 Å². The number of nitrogens with one attached hydrogen (secondary N) is 2. The number of para-hydroxylation sites is 1. The van der Waals surface area contributed by atoms with E-state index in [0.717, 1.165) is 11.4 Å². The van der Waals surface area contributed by atoms with Crippen LogP contribution in [0.2, 0.25) is 0 Å². The lowest BCUT2D eigenvalue weighted by molar-refractivity contribution is 0.0840. The first-order valence-electron chi connectivity index (χ1n) is 9.72. The summed E-state index contributed by atoms with van der Waals surface area (Å²) < 4.78 is 2.85. The Bertz CT molecular complexity index is 1340. The zero-order valence-corrected chi connectivity index (χ0v) is 17.0. The molecule has 0 aliphatic carbocycles. The molecule has 0 aliphatic rings. The molecule has 9 heteroatoms. The molecule has 4 aromatic rings. The lowest BCUT2D eigenvalue weighted by Gasteiger charge is -2.10. The van der Waals surface area contributed by atoms with Gasteiger partial charge in [0.1, 0.15) is 0 Å². The molecule has 9 nitrogen and oxygen atoms in total. The van der Waals surface area contributed by atoms with Crippen molar-refractivity contribution in [3.8, 4) is 5.69 Å². The highest BCUT2D eigenvalue weighted by Crippen LogP contribution is 2.14. The van der Waals surface area contributed by atoms with Gasteiger partial charge in [-0.2, -0.15) is 10.2 Å². The van der Waals surface area contributed by atoms with Gasteiger partial charge in [0.25, 0.3) is 17.4 Å². The molecule has 31 heavy (non-hydrogen) atoms. The molecule has 2 aromatic carbocycles. The molecule has 4 rings (SSSR count). The number of aryl methyl sites for hydroxylation is 2. The molecule has 0 spiro atoms. The maximum absolute atomic E-state index is 12.7. The molecule has 0 saturated carbocycles. The van der Waals surface area contributed by atoms with Gasteiger partial charge in [0.05, 0.1) is 11.1 Å². The monoisotopic (exact) mass is 416 g/mol. The van der Waals surface area contributed by atoms with E-state index in [0.29, 0.717) is 17.3 Å². The number of amides is 2. The molecule has 0 fully saturated rings. The van der Waals surface area contributed by atoms with Crippen LogP contribution in [0.5, 0.6) is 0 Å². The molecular weight excluding hydrogens is 396 g/mol. The summed E-state index contributed by atoms with van der Waals surface area (Å²) in [7, 11) is 0. The summed E-state index contributed by atoms with van der Waals surface area (Å²) in [5.74, 6) is -1.20. The molecule has 2 aromatic heterocycles. The smallest absolute Gasteiger partial charge is 0.267 e. The Hall–Kier alpha value is -4.27. The van der Waals surface area contributed by atoms with E-state index in [4.69, 9.17) is 0 Å². The van der Waals surface area contributed by atoms with Crippen molar-refractivity contribution < 1.29 is 9.59 Å². The standard InChI is InChI=1S/C22H20N6O3/c1-3-27-22(31)17-12-8-7-11-16(17)19(26-27)21(30)24-23-20(29)18-13-14(2)28(25-18)15-9-5-4-6-10-15/h4-13H,3H2,1-2H3,(H,23,29)(H,24,30). The van der Waals surface area contributed by atoms with Crippen molar-refractivity contribution in [2.24, 2.45) is 0 Å². The van der Waals surface area contributed by atoms with Crippen molar-refractivity contribution in [3.05, 3.63) is 88.1 Å². The van der Waals surface area contributed by atoms with Gasteiger partial charge in [-0.25, -0.2) is 9.36 Å². The lowest BCUT2D eigenvalue weighted by atomic mass is 10.1. The van der Waals surface area contributed by atoms with Crippen LogP contribution in [0.4, 0.5) is 0 Å². The van der Waals surface area contributed by atoms with Gasteiger partial charge >= 0.3 is 0 Å². The first-order valence-corrected chi connectivity index (χ1v) is 9.72. The topological polar surface area (TPSA) is 111 Å². The summed E-state index contributed by atoms with van der Waals surface area (Å²) in [5, 5.41) is 9.25. The van der Waals surface area contributed by atoms with Gasteiger partial charge < -0.3 is 0 Å². The van der Waals surface area contributed by atoms with E-state index < -0.39 is 11.8 Å². The summed E-state index contributed by atoms with van der Waals surface area (Å²) >= 11 is 0. The number of fused-ring (bicyclic) bond motifs is 1. The van der Waals surface area contributed by atoms with Crippen molar-refractivity contribution in [2.75, 3.05) is 0 Å². The van der Waals surface area contributed by atoms with Crippen LogP contribution in [0.3, 0.4) is 0 Å². The number of carbonyl (C=O) groups is 2. The number of hydrogen-bond acceptors (Lipinski definition) is 5. The predicted octanol–water partition coefficient (Wildman–Crippen LogP) is 1.99. The van der Waals surface area contributed by atoms with Gasteiger partial charge in [0.15, 0.2) is 11.4 Å². The second-order valence-corrected chi connectivity index (χ2v) is 6.84. The molecule has 0 unspecified atom stereocenters. The molecule has 0 radical (unpaired) electrons. The quantitative estimate of drug-likeness (QED) is 0.494. The highest BCUT2D eigenvalue weighted by Gasteiger charge is 2.18. The van der Waals surface area contributed by atoms with Crippen LogP contribution < -0.4 is 16.4 Å². The van der Waals surface area contributed by atoms with Crippen molar-refractivity contribution >= 4 is 22.6 Å². The van der Waals surface area contributed by atoms with E-state index in [2.05, 4.69) is 21.0 Å². The minimum Gasteiger partial charge on any atom is -0.267 e. The third-order valence-corrected chi connectivity index (χ3v) is 4.79. The SMILES string of the molecule is CCn1nc(C(=O)NNC(=O)c2cc(C)n(-c3ccccc3)n2)c2ccccc2c1=O. The van der Waals surface area contributed by atoms with E-state index in [1.54, 1.807) is 41.9 Å². The molecule has 0 bridgehead atoms. The minimum atomic E-state index is -0.633. The number of nitrogens with zero attached hydrogens (tertiary/aromatic N) is 4. The minimum absolute atomic E-state index is 0.0448. The van der Waals surface area contributed by atoms with Gasteiger partial charge in [-0.1, -0.05) is 36.4 Å². The largest absolute Gasteiger partial charge is 0.290 e. The maximum atomic E-state index is 12.7. The van der Waals surface area contributed by atoms with Gasteiger partial charge in [-0.3, -0.25) is 25.2 Å². The second kappa shape index (κ2) is 8.23. The first-order chi connectivity index (χ1) is 15.0. The van der Waals surface area contributed by atoms with Crippen LogP contribution in [0.15, 0.2) is 65.5 Å². The number of carbonyl (C=O) groups excluding carboxylic acids is 2. The summed E-state index contributed by atoms with van der Waals surface area (Å²) in [6, 6.07) is 17.8. The van der Waals surface area contributed by atoms with Crippen LogP contribution in [0, 0.1) is 6.92 Å². The van der Waals surface area contributed by atoms with Crippen molar-refractivity contribution in [3.63, 3.8) is 0 Å². The number of hydrogen-bond donors (Lipinski definition) is 2. The third kappa shape index (κ3) is 3.80. The Kier molecular flexibility index (Phi) is 5.31. The molecule has 0 atom stereocenters. The summed E-state index contributed by atoms with van der Waals surface area (Å²) in [6.07, 6.45) is 0. The van der Waals surface area contributed by atoms with E-state index in [1.807, 2.05) is 37.3 Å². The number of hydrazine groups is 1. The lowest BCUT2D eigenvalue weighted by Crippen LogP contribution is -2.43. The average molecular weight is 416 g/mol. The molecule has 2 N–H and O–H groups in total. The van der Waals surface area contributed by atoms with Crippen LogP contribution >= 0.6 is 0 Å². The van der Waals surface area contributed by atoms with Gasteiger partial charge in [0, 0.05) is 17.6 Å². The molecule has 0 aliphatic heterocycles. The number of aromatic nitrogens is 4. The summed E-state index contributed by atoms with van der Waals surface area (Å²) in [6.45, 7) is 3.91. The maximum Gasteiger partial charge on any atom is 0.290 e. The van der Waals surface area contributed by atoms with Gasteiger partial charge in [0.2, 0.25) is 0 Å². The van der Waals surface area contributed by atoms with E-state index >= 15 is 0 Å². The van der Waals surface area contributed by atoms with E-state index in [-0.39, 0.29) is 16.9 Å². The van der Waals surface area contributed by atoms with E-state index in [1.165, 1.54) is 4.68 Å². The second-order valence-electron chi connectivity index (χ2n) is 6.84. The van der Waals surface area contributed by atoms with E-state index in [9.17, 15) is 14.4 Å². The summed E-state index contributed by atoms with van der Waals surface area (Å²) in [5.41, 5.74) is 6.23. The Morgan fingerprint density at radius 1 is 0.903 bits per heavy atom. The first kappa shape index (κ1) is 20.0. The van der Waals surface area contributed by atoms with Crippen molar-refractivity contribution in [1.82, 2.24) is 30.4 Å². The highest BCUT2D eigenvalue weighted by molar-refractivity contribution is 6.05. The van der Waals surface area contributed by atoms with Crippen molar-refractivity contribution in [2.45, 2.75) is 20.4 Å². The fourth-order valence-electron chi connectivity index (χ4n) is 3.27. The zero-order chi connectivity index (χ0) is 22.0. The molecular formula is C22H20N6O3. The molecule has 2 amide bonds. The Labute approximate surface area is 177 Å². The third-order valence-electron chi connectivity index (χ3n) is 4.79. The normalized spacial score (nSPS) is 10.8. The zero-order valence-electron chi connectivity index (χ0n) is 17.0. The summed E-state index contributed by atoms with van der Waals surface area (Å²) in [4.78, 5) is 37.7. The molecule has 0 saturated heterocycles. The Balaban J connectivity index is 1.55. The van der Waals surface area contributed by atoms with Crippen LogP contribution in [0.25, 0.3) is 16.5 Å². The number of rotatable bonds is 4. The fraction of sp³-hybridized carbons (Fsp3) is 0.136. The highest BCUT2D eigenvalue weighted by atomic mass is 16.2. The Morgan fingerprint density at radius 3 is 2.26 bits per heavy atom. The molecule has 2 heterocycles. The Morgan fingerprint density at radius 2 is 1.55 bits per heavy atom. The van der Waals surface area contributed by atoms with Crippen LogP contribution in [-0.4, -0.2) is 31.4 Å².